The number of hydrogen-bond acceptors (Lipinski definition) is 6. The van der Waals surface area contributed by atoms with Crippen LogP contribution in [0.2, 0.25) is 0 Å². The normalized spacial score (nSPS) is 28.0. The molecule has 4 atom stereocenters. The highest BCUT2D eigenvalue weighted by Gasteiger charge is 2.72. The van der Waals surface area contributed by atoms with E-state index in [0.29, 0.717) is 17.2 Å². The van der Waals surface area contributed by atoms with E-state index in [4.69, 9.17) is 14.2 Å². The van der Waals surface area contributed by atoms with Gasteiger partial charge in [0.2, 0.25) is 0 Å². The maximum absolute atomic E-state index is 13.8. The summed E-state index contributed by atoms with van der Waals surface area (Å²) in [5.74, 6) is -0.905. The van der Waals surface area contributed by atoms with Gasteiger partial charge in [0.25, 0.3) is 5.91 Å². The number of anilines is 1. The molecule has 3 heterocycles. The van der Waals surface area contributed by atoms with Crippen LogP contribution in [-0.2, 0) is 14.3 Å². The first kappa shape index (κ1) is 20.4. The van der Waals surface area contributed by atoms with Gasteiger partial charge >= 0.3 is 12.0 Å². The molecule has 2 fully saturated rings. The van der Waals surface area contributed by atoms with E-state index in [9.17, 15) is 14.4 Å². The number of hydrogen-bond donors (Lipinski definition) is 0. The Morgan fingerprint density at radius 2 is 1.88 bits per heavy atom. The molecule has 0 N–H and O–H groups in total. The van der Waals surface area contributed by atoms with Crippen LogP contribution in [0.5, 0.6) is 11.5 Å². The molecular weight excluding hydrogens is 412 g/mol. The van der Waals surface area contributed by atoms with Crippen LogP contribution in [0.15, 0.2) is 48.5 Å². The highest BCUT2D eigenvalue weighted by atomic mass is 16.5. The third-order valence-corrected chi connectivity index (χ3v) is 6.79. The minimum Gasteiger partial charge on any atom is -0.497 e. The largest absolute Gasteiger partial charge is 0.497 e. The molecule has 0 saturated carbocycles. The lowest BCUT2D eigenvalue weighted by atomic mass is 9.77. The van der Waals surface area contributed by atoms with E-state index in [-0.39, 0.29) is 19.1 Å². The van der Waals surface area contributed by atoms with Crippen molar-refractivity contribution in [2.45, 2.75) is 25.4 Å². The number of ether oxygens (including phenoxy) is 3. The topological polar surface area (TPSA) is 85.4 Å². The Hall–Kier alpha value is -3.55. The predicted molar refractivity (Wildman–Crippen MR) is 114 cm³/mol. The second-order valence-corrected chi connectivity index (χ2v) is 8.33. The van der Waals surface area contributed by atoms with Crippen LogP contribution in [0.1, 0.15) is 25.5 Å². The molecule has 166 valence electrons. The SMILES string of the molecule is CCOC(=O)[C@@H]1[C@H]2COc3ccccc3[C@H]2N2C(=O)N(c3ccc(OC)cc3)C(=O)[C@]12C. The first-order valence-corrected chi connectivity index (χ1v) is 10.6. The number of imide groups is 1. The Kier molecular flexibility index (Phi) is 4.62. The van der Waals surface area contributed by atoms with E-state index in [1.54, 1.807) is 50.1 Å². The van der Waals surface area contributed by atoms with Gasteiger partial charge < -0.3 is 19.1 Å². The van der Waals surface area contributed by atoms with Crippen LogP contribution >= 0.6 is 0 Å². The quantitative estimate of drug-likeness (QED) is 0.541. The zero-order chi connectivity index (χ0) is 22.6. The maximum Gasteiger partial charge on any atom is 0.332 e. The highest BCUT2D eigenvalue weighted by Crippen LogP contribution is 2.58. The summed E-state index contributed by atoms with van der Waals surface area (Å²) in [6.07, 6.45) is 0. The minimum atomic E-state index is -1.39. The third-order valence-electron chi connectivity index (χ3n) is 6.79. The van der Waals surface area contributed by atoms with Gasteiger partial charge in [0.05, 0.1) is 38.0 Å². The lowest BCUT2D eigenvalue weighted by Gasteiger charge is -2.34. The third kappa shape index (κ3) is 2.58. The predicted octanol–water partition coefficient (Wildman–Crippen LogP) is 3.17. The zero-order valence-corrected chi connectivity index (χ0v) is 18.1. The molecule has 3 aliphatic rings. The lowest BCUT2D eigenvalue weighted by Crippen LogP contribution is -2.51. The van der Waals surface area contributed by atoms with Gasteiger partial charge in [-0.15, -0.1) is 0 Å². The zero-order valence-electron chi connectivity index (χ0n) is 18.1. The standard InChI is InChI=1S/C24H24N2O6/c1-4-31-21(27)19-17-13-32-18-8-6-5-7-16(18)20(17)26-23(29)25(22(28)24(19,26)2)14-9-11-15(30-3)12-10-14/h5-12,17,19-20H,4,13H2,1-3H3/t17-,19+,20-,24+/m1/s1. The van der Waals surface area contributed by atoms with Crippen molar-refractivity contribution < 1.29 is 28.6 Å². The van der Waals surface area contributed by atoms with Gasteiger partial charge in [-0.25, -0.2) is 9.69 Å². The van der Waals surface area contributed by atoms with Crippen molar-refractivity contribution in [2.75, 3.05) is 25.2 Å². The fourth-order valence-electron chi connectivity index (χ4n) is 5.40. The fraction of sp³-hybridized carbons (Fsp3) is 0.375. The molecule has 0 aromatic heterocycles. The number of urea groups is 1. The summed E-state index contributed by atoms with van der Waals surface area (Å²) in [4.78, 5) is 43.4. The number of fused-ring (bicyclic) bond motifs is 5. The molecule has 2 saturated heterocycles. The second-order valence-electron chi connectivity index (χ2n) is 8.33. The van der Waals surface area contributed by atoms with E-state index in [1.807, 2.05) is 24.3 Å². The highest BCUT2D eigenvalue weighted by molar-refractivity contribution is 6.24. The van der Waals surface area contributed by atoms with Gasteiger partial charge in [0.15, 0.2) is 0 Å². The molecule has 32 heavy (non-hydrogen) atoms. The maximum atomic E-state index is 13.8. The van der Waals surface area contributed by atoms with E-state index in [2.05, 4.69) is 0 Å². The van der Waals surface area contributed by atoms with Crippen molar-refractivity contribution in [3.8, 4) is 11.5 Å². The van der Waals surface area contributed by atoms with Crippen molar-refractivity contribution in [2.24, 2.45) is 11.8 Å². The van der Waals surface area contributed by atoms with Crippen LogP contribution in [0.3, 0.4) is 0 Å². The van der Waals surface area contributed by atoms with Crippen molar-refractivity contribution in [3.05, 3.63) is 54.1 Å². The van der Waals surface area contributed by atoms with Crippen molar-refractivity contribution in [3.63, 3.8) is 0 Å². The lowest BCUT2D eigenvalue weighted by molar-refractivity contribution is -0.154. The number of para-hydroxylation sites is 1. The van der Waals surface area contributed by atoms with Crippen molar-refractivity contribution in [1.82, 2.24) is 4.90 Å². The molecule has 0 unspecified atom stereocenters. The van der Waals surface area contributed by atoms with Crippen LogP contribution in [0, 0.1) is 11.8 Å². The number of methoxy groups -OCH3 is 1. The average molecular weight is 436 g/mol. The summed E-state index contributed by atoms with van der Waals surface area (Å²) < 4.78 is 16.5. The van der Waals surface area contributed by atoms with Crippen molar-refractivity contribution >= 4 is 23.6 Å². The van der Waals surface area contributed by atoms with E-state index in [1.165, 1.54) is 0 Å². The molecule has 2 aromatic rings. The fourth-order valence-corrected chi connectivity index (χ4v) is 5.40. The summed E-state index contributed by atoms with van der Waals surface area (Å²) >= 11 is 0. The first-order chi connectivity index (χ1) is 15.4. The Balaban J connectivity index is 1.65. The molecule has 5 rings (SSSR count). The summed E-state index contributed by atoms with van der Waals surface area (Å²) in [6.45, 7) is 3.80. The number of esters is 1. The second kappa shape index (κ2) is 7.25. The molecule has 0 aliphatic carbocycles. The number of carbonyl (C=O) groups excluding carboxylic acids is 3. The molecule has 3 amide bonds. The summed E-state index contributed by atoms with van der Waals surface area (Å²) in [7, 11) is 1.55. The molecule has 0 bridgehead atoms. The van der Waals surface area contributed by atoms with Crippen LogP contribution < -0.4 is 14.4 Å². The molecule has 8 heteroatoms. The number of carbonyl (C=O) groups is 3. The summed E-state index contributed by atoms with van der Waals surface area (Å²) in [5.41, 5.74) is -0.171. The van der Waals surface area contributed by atoms with Gasteiger partial charge in [-0.2, -0.15) is 0 Å². The van der Waals surface area contributed by atoms with E-state index >= 15 is 0 Å². The smallest absolute Gasteiger partial charge is 0.332 e. The minimum absolute atomic E-state index is 0.185. The van der Waals surface area contributed by atoms with Gasteiger partial charge in [0.1, 0.15) is 17.0 Å². The Morgan fingerprint density at radius 1 is 1.16 bits per heavy atom. The van der Waals surface area contributed by atoms with Crippen molar-refractivity contribution in [1.29, 1.82) is 0 Å². The Labute approximate surface area is 185 Å². The number of amides is 3. The summed E-state index contributed by atoms with van der Waals surface area (Å²) in [6, 6.07) is 13.2. The van der Waals surface area contributed by atoms with Crippen LogP contribution in [0.25, 0.3) is 0 Å². The monoisotopic (exact) mass is 436 g/mol. The molecule has 0 radical (unpaired) electrons. The Bertz CT molecular complexity index is 1100. The van der Waals surface area contributed by atoms with Gasteiger partial charge in [-0.05, 0) is 44.2 Å². The number of benzene rings is 2. The molecule has 3 aliphatic heterocycles. The van der Waals surface area contributed by atoms with E-state index in [0.717, 1.165) is 10.5 Å². The van der Waals surface area contributed by atoms with Gasteiger partial charge in [-0.3, -0.25) is 9.59 Å². The first-order valence-electron chi connectivity index (χ1n) is 10.6. The molecule has 2 aromatic carbocycles. The molecular formula is C24H24N2O6. The van der Waals surface area contributed by atoms with Gasteiger partial charge in [-0.1, -0.05) is 18.2 Å². The van der Waals surface area contributed by atoms with Crippen LogP contribution in [-0.4, -0.2) is 48.7 Å². The average Bonchev–Trinajstić information content (AvgIpc) is 3.19. The number of nitrogens with zero attached hydrogens (tertiary/aromatic N) is 2. The molecule has 8 nitrogen and oxygen atoms in total. The van der Waals surface area contributed by atoms with Gasteiger partial charge in [0, 0.05) is 11.5 Å². The summed E-state index contributed by atoms with van der Waals surface area (Å²) in [5, 5.41) is 0. The molecule has 0 spiro atoms. The number of rotatable bonds is 4. The van der Waals surface area contributed by atoms with E-state index < -0.39 is 35.4 Å². The Morgan fingerprint density at radius 3 is 2.56 bits per heavy atom. The van der Waals surface area contributed by atoms with Crippen LogP contribution in [0.4, 0.5) is 10.5 Å².